The molecule has 0 fully saturated rings. The molecule has 8 heterocycles. The molecule has 0 aromatic carbocycles. The molecule has 0 bridgehead atoms. The highest BCUT2D eigenvalue weighted by atomic mass is 32.1. The van der Waals surface area contributed by atoms with Gasteiger partial charge in [0.25, 0.3) is 23.6 Å². The second-order valence-electron chi connectivity index (χ2n) is 27.8. The number of rotatable bonds is 8. The largest absolute Gasteiger partial charge is 0.329 e. The van der Waals surface area contributed by atoms with E-state index in [1.54, 1.807) is 22.7 Å². The number of nitrogens with zero attached hydrogens (tertiary/aromatic N) is 9. The molecule has 0 saturated heterocycles. The highest BCUT2D eigenvalue weighted by Crippen LogP contribution is 2.51. The third kappa shape index (κ3) is 10.3. The molecule has 15 heteroatoms. The minimum Gasteiger partial charge on any atom is -0.329 e. The van der Waals surface area contributed by atoms with Gasteiger partial charge in [-0.2, -0.15) is 5.10 Å². The van der Waals surface area contributed by atoms with Crippen molar-refractivity contribution in [1.82, 2.24) is 44.3 Å². The lowest BCUT2D eigenvalue weighted by molar-refractivity contribution is 0.0126. The molecule has 0 saturated carbocycles. The van der Waals surface area contributed by atoms with Gasteiger partial charge in [0.1, 0.15) is 17.1 Å². The van der Waals surface area contributed by atoms with E-state index in [2.05, 4.69) is 230 Å². The fraction of sp³-hybridized carbons (Fsp3) is 0.714. The lowest BCUT2D eigenvalue weighted by atomic mass is 9.63. The predicted octanol–water partition coefficient (Wildman–Crippen LogP) is 15.2. The number of aromatic nitrogens is 5. The van der Waals surface area contributed by atoms with Crippen LogP contribution in [0.3, 0.4) is 0 Å². The zero-order valence-corrected chi connectivity index (χ0v) is 55.7. The average molecular weight is 1110 g/mol. The lowest BCUT2D eigenvalue weighted by Gasteiger charge is -2.55. The third-order valence-corrected chi connectivity index (χ3v) is 21.2. The summed E-state index contributed by atoms with van der Waals surface area (Å²) in [7, 11) is 0. The molecule has 13 nitrogen and oxygen atoms in total. The van der Waals surface area contributed by atoms with E-state index in [4.69, 9.17) is 4.98 Å². The van der Waals surface area contributed by atoms with Crippen LogP contribution in [0.4, 0.5) is 0 Å². The van der Waals surface area contributed by atoms with Gasteiger partial charge in [-0.1, -0.05) is 69.2 Å². The average Bonchev–Trinajstić information content (AvgIpc) is 4.08. The van der Waals surface area contributed by atoms with E-state index in [-0.39, 0.29) is 86.8 Å². The number of carbonyl (C=O) groups is 4. The summed E-state index contributed by atoms with van der Waals surface area (Å²) in [5, 5.41) is 6.66. The number of fused-ring (bicyclic) bond motifs is 4. The Hall–Kier alpha value is -4.50. The Morgan fingerprint density at radius 2 is 0.756 bits per heavy atom. The second-order valence-corrected chi connectivity index (χ2v) is 29.9. The number of pyridine rings is 1. The number of hydrogen-bond donors (Lipinski definition) is 0. The molecule has 434 valence electrons. The van der Waals surface area contributed by atoms with Gasteiger partial charge in [0.2, 0.25) is 0 Å². The van der Waals surface area contributed by atoms with Crippen LogP contribution in [0, 0.1) is 20.8 Å². The SMILES string of the molecule is CC(C)c1nc2c(s1)C(C)(C)C(C)(C)N(C(C)C)C2=O.CC(C)c1nc2c(s1)C(C)(C)N(C(C)C)C2=O.Cc1c(C(C)C)nc2c(c1C)C(C)(C)C(C)(C)N(C(C)C)C2=O.Cc1c2c(nn1C(C)C)C(=O)N(C(C)C)C2(C)C. The molecule has 0 unspecified atom stereocenters. The lowest BCUT2D eigenvalue weighted by Crippen LogP contribution is -2.64. The van der Waals surface area contributed by atoms with Crippen molar-refractivity contribution >= 4 is 46.3 Å². The first kappa shape index (κ1) is 64.3. The van der Waals surface area contributed by atoms with Gasteiger partial charge >= 0.3 is 0 Å². The zero-order chi connectivity index (χ0) is 60.1. The Morgan fingerprint density at radius 1 is 0.385 bits per heavy atom. The van der Waals surface area contributed by atoms with Crippen LogP contribution in [0.5, 0.6) is 0 Å². The van der Waals surface area contributed by atoms with Crippen molar-refractivity contribution in [2.45, 2.75) is 296 Å². The fourth-order valence-corrected chi connectivity index (χ4v) is 15.4. The van der Waals surface area contributed by atoms with Crippen molar-refractivity contribution in [1.29, 1.82) is 0 Å². The molecule has 4 aromatic heterocycles. The third-order valence-electron chi connectivity index (χ3n) is 17.8. The molecule has 4 amide bonds. The van der Waals surface area contributed by atoms with E-state index in [9.17, 15) is 19.2 Å². The zero-order valence-electron chi connectivity index (χ0n) is 54.1. The monoisotopic (exact) mass is 1110 g/mol. The molecule has 0 aliphatic carbocycles. The number of amides is 4. The quantitative estimate of drug-likeness (QED) is 0.170. The summed E-state index contributed by atoms with van der Waals surface area (Å²) in [5.74, 6) is 1.38. The highest BCUT2D eigenvalue weighted by Gasteiger charge is 2.55. The van der Waals surface area contributed by atoms with Crippen molar-refractivity contribution in [3.63, 3.8) is 0 Å². The Morgan fingerprint density at radius 3 is 1.14 bits per heavy atom. The molecule has 0 atom stereocenters. The van der Waals surface area contributed by atoms with Crippen LogP contribution in [0.1, 0.15) is 313 Å². The van der Waals surface area contributed by atoms with Crippen molar-refractivity contribution in [3.8, 4) is 0 Å². The fourth-order valence-electron chi connectivity index (χ4n) is 12.9. The predicted molar refractivity (Wildman–Crippen MR) is 323 cm³/mol. The summed E-state index contributed by atoms with van der Waals surface area (Å²) < 4.78 is 1.96. The van der Waals surface area contributed by atoms with Gasteiger partial charge < -0.3 is 19.6 Å². The van der Waals surface area contributed by atoms with Crippen LogP contribution < -0.4 is 0 Å². The minimum absolute atomic E-state index is 0.0625. The molecular formula is C63H101N9O4S2. The molecule has 4 aliphatic heterocycles. The van der Waals surface area contributed by atoms with E-state index < -0.39 is 0 Å². The standard InChI is InChI=1S/C20H32N2O.C16H26N2OS.C14H23N3O.C13H20N2OS/c1-11(2)16-14(6)13(5)15-17(21-16)18(23)22(12(3)4)20(9,10)19(15,7)8;1-9(2)13-17-11-12(20-13)15(5,6)16(7,8)18(10(3)4)14(11)19;1-8(2)16-13(18)12-11(14(16,6)7)10(5)17(15-12)9(3)4;1-7(2)11-14-9-10(17-11)13(5,6)15(8(3)4)12(9)16/h11-12H,1-10H3;9-10H,1-8H3;8-9H,1-7H3;7-8H,1-6H3. The topological polar surface area (TPSA) is 138 Å². The van der Waals surface area contributed by atoms with E-state index >= 15 is 0 Å². The van der Waals surface area contributed by atoms with E-state index in [1.807, 2.05) is 24.3 Å². The van der Waals surface area contributed by atoms with Crippen LogP contribution in [0.15, 0.2) is 0 Å². The van der Waals surface area contributed by atoms with Crippen molar-refractivity contribution in [3.05, 3.63) is 76.2 Å². The Kier molecular flexibility index (Phi) is 17.9. The minimum atomic E-state index is -0.266. The first-order valence-corrected chi connectivity index (χ1v) is 30.4. The summed E-state index contributed by atoms with van der Waals surface area (Å²) in [6.45, 7) is 66.0. The molecule has 78 heavy (non-hydrogen) atoms. The highest BCUT2D eigenvalue weighted by molar-refractivity contribution is 7.12. The van der Waals surface area contributed by atoms with Crippen molar-refractivity contribution < 1.29 is 19.2 Å². The Balaban J connectivity index is 0.000000193. The molecule has 0 spiro atoms. The summed E-state index contributed by atoms with van der Waals surface area (Å²) in [6.07, 6.45) is 0. The molecule has 4 aromatic rings. The van der Waals surface area contributed by atoms with Crippen LogP contribution in [0.2, 0.25) is 0 Å². The van der Waals surface area contributed by atoms with Crippen molar-refractivity contribution in [2.75, 3.05) is 0 Å². The Labute approximate surface area is 479 Å². The van der Waals surface area contributed by atoms with E-state index in [1.165, 1.54) is 11.1 Å². The van der Waals surface area contributed by atoms with Crippen LogP contribution >= 0.6 is 22.7 Å². The Bertz CT molecular complexity index is 2940. The van der Waals surface area contributed by atoms with E-state index in [0.717, 1.165) is 42.3 Å². The summed E-state index contributed by atoms with van der Waals surface area (Å²) in [5.41, 5.74) is 8.30. The molecule has 0 N–H and O–H groups in total. The van der Waals surface area contributed by atoms with Gasteiger partial charge in [-0.05, 0) is 168 Å². The number of hydrogen-bond acceptors (Lipinski definition) is 10. The summed E-state index contributed by atoms with van der Waals surface area (Å²) in [6, 6.07) is 1.01. The number of thiazole rings is 2. The van der Waals surface area contributed by atoms with Crippen LogP contribution in [-0.4, -0.2) is 103 Å². The number of carbonyl (C=O) groups excluding carboxylic acids is 4. The normalized spacial score (nSPS) is 19.2. The van der Waals surface area contributed by atoms with Gasteiger partial charge in [0.05, 0.1) is 26.0 Å². The first-order chi connectivity index (χ1) is 35.3. The van der Waals surface area contributed by atoms with Crippen LogP contribution in [0.25, 0.3) is 0 Å². The summed E-state index contributed by atoms with van der Waals surface area (Å²) >= 11 is 3.40. The van der Waals surface area contributed by atoms with Crippen molar-refractivity contribution in [2.24, 2.45) is 0 Å². The molecule has 8 rings (SSSR count). The molecule has 4 aliphatic rings. The van der Waals surface area contributed by atoms with Crippen LogP contribution in [-0.2, 0) is 21.9 Å². The maximum Gasteiger partial charge on any atom is 0.275 e. The van der Waals surface area contributed by atoms with Gasteiger partial charge in [-0.3, -0.25) is 23.9 Å². The van der Waals surface area contributed by atoms with Gasteiger partial charge in [0.15, 0.2) is 5.69 Å². The summed E-state index contributed by atoms with van der Waals surface area (Å²) in [4.78, 5) is 75.2. The maximum absolute atomic E-state index is 13.3. The first-order valence-electron chi connectivity index (χ1n) is 28.8. The smallest absolute Gasteiger partial charge is 0.275 e. The molecule has 0 radical (unpaired) electrons. The second kappa shape index (κ2) is 21.8. The van der Waals surface area contributed by atoms with E-state index in [0.29, 0.717) is 40.5 Å². The molecular weight excluding hydrogens is 1010 g/mol. The van der Waals surface area contributed by atoms with Gasteiger partial charge in [-0.25, -0.2) is 15.0 Å². The van der Waals surface area contributed by atoms with Gasteiger partial charge in [0, 0.05) is 85.8 Å². The van der Waals surface area contributed by atoms with Gasteiger partial charge in [-0.15, -0.1) is 22.7 Å². The maximum atomic E-state index is 13.3.